The Balaban J connectivity index is 1.84. The molecule has 0 aliphatic heterocycles. The number of halogens is 1. The number of carbonyl (C=O) groups is 1. The van der Waals surface area contributed by atoms with Crippen LogP contribution in [0.5, 0.6) is 5.75 Å². The molecule has 0 bridgehead atoms. The summed E-state index contributed by atoms with van der Waals surface area (Å²) in [5.41, 5.74) is 3.16. The Morgan fingerprint density at radius 2 is 1.84 bits per heavy atom. The Bertz CT molecular complexity index is 1170. The van der Waals surface area contributed by atoms with Crippen molar-refractivity contribution in [2.24, 2.45) is 5.10 Å². The van der Waals surface area contributed by atoms with Crippen LogP contribution in [0.15, 0.2) is 82.9 Å². The van der Waals surface area contributed by atoms with E-state index < -0.39 is 22.5 Å². The number of pyridine rings is 1. The van der Waals surface area contributed by atoms with Crippen LogP contribution >= 0.6 is 11.6 Å². The zero-order chi connectivity index (χ0) is 23.0. The third-order valence-electron chi connectivity index (χ3n) is 4.20. The number of benzene rings is 2. The molecule has 2 aromatic carbocycles. The highest BCUT2D eigenvalue weighted by Crippen LogP contribution is 2.26. The van der Waals surface area contributed by atoms with Crippen LogP contribution in [0.1, 0.15) is 12.6 Å². The Labute approximate surface area is 191 Å². The maximum atomic E-state index is 13.3. The molecule has 166 valence electrons. The highest BCUT2D eigenvalue weighted by Gasteiger charge is 2.27. The summed E-state index contributed by atoms with van der Waals surface area (Å²) < 4.78 is 33.0. The minimum Gasteiger partial charge on any atom is -0.494 e. The molecule has 3 rings (SSSR count). The van der Waals surface area contributed by atoms with E-state index in [1.165, 1.54) is 30.5 Å². The van der Waals surface area contributed by atoms with E-state index in [2.05, 4.69) is 15.5 Å². The number of nitrogens with one attached hydrogen (secondary N) is 1. The molecule has 0 aliphatic carbocycles. The first-order chi connectivity index (χ1) is 15.4. The number of sulfonamides is 1. The summed E-state index contributed by atoms with van der Waals surface area (Å²) in [6, 6.07) is 17.4. The molecule has 0 unspecified atom stereocenters. The Morgan fingerprint density at radius 3 is 2.47 bits per heavy atom. The molecule has 0 aliphatic rings. The summed E-state index contributed by atoms with van der Waals surface area (Å²) in [5, 5.41) is 4.28. The number of anilines is 1. The van der Waals surface area contributed by atoms with Crippen LogP contribution in [0, 0.1) is 0 Å². The summed E-state index contributed by atoms with van der Waals surface area (Å²) in [4.78, 5) is 16.6. The van der Waals surface area contributed by atoms with Crippen LogP contribution in [0.2, 0.25) is 5.02 Å². The second kappa shape index (κ2) is 10.7. The fourth-order valence-corrected chi connectivity index (χ4v) is 4.26. The fraction of sp³-hybridized carbons (Fsp3) is 0.136. The smallest absolute Gasteiger partial charge is 0.264 e. The number of nitrogens with zero attached hydrogens (tertiary/aromatic N) is 3. The molecule has 0 spiro atoms. The summed E-state index contributed by atoms with van der Waals surface area (Å²) in [6.07, 6.45) is 2.96. The molecule has 32 heavy (non-hydrogen) atoms. The van der Waals surface area contributed by atoms with Gasteiger partial charge in [-0.1, -0.05) is 17.7 Å². The van der Waals surface area contributed by atoms with Crippen LogP contribution in [0.4, 0.5) is 5.69 Å². The second-order valence-corrected chi connectivity index (χ2v) is 8.74. The zero-order valence-electron chi connectivity index (χ0n) is 17.2. The van der Waals surface area contributed by atoms with Crippen molar-refractivity contribution in [3.8, 4) is 5.75 Å². The van der Waals surface area contributed by atoms with Crippen LogP contribution in [-0.2, 0) is 14.8 Å². The SMILES string of the molecule is CCOc1ccc(S(=O)(=O)N(CC(=O)NN=Cc2ccccn2)c2ccc(Cl)cc2)cc1. The summed E-state index contributed by atoms with van der Waals surface area (Å²) in [5.74, 6) is -0.0762. The summed E-state index contributed by atoms with van der Waals surface area (Å²) in [6.45, 7) is 1.81. The lowest BCUT2D eigenvalue weighted by molar-refractivity contribution is -0.119. The molecule has 1 N–H and O–H groups in total. The van der Waals surface area contributed by atoms with Gasteiger partial charge in [0.2, 0.25) is 0 Å². The fourth-order valence-electron chi connectivity index (χ4n) is 2.71. The van der Waals surface area contributed by atoms with Gasteiger partial charge < -0.3 is 4.74 Å². The van der Waals surface area contributed by atoms with Crippen molar-refractivity contribution in [1.82, 2.24) is 10.4 Å². The predicted molar refractivity (Wildman–Crippen MR) is 124 cm³/mol. The minimum atomic E-state index is -4.06. The average Bonchev–Trinajstić information content (AvgIpc) is 2.79. The van der Waals surface area contributed by atoms with Crippen molar-refractivity contribution in [2.45, 2.75) is 11.8 Å². The van der Waals surface area contributed by atoms with Gasteiger partial charge in [-0.05, 0) is 67.6 Å². The molecule has 3 aromatic rings. The van der Waals surface area contributed by atoms with E-state index in [1.54, 1.807) is 48.7 Å². The molecule has 1 aromatic heterocycles. The van der Waals surface area contributed by atoms with Gasteiger partial charge in [-0.15, -0.1) is 0 Å². The topological polar surface area (TPSA) is 101 Å². The van der Waals surface area contributed by atoms with Crippen LogP contribution in [-0.4, -0.2) is 38.7 Å². The van der Waals surface area contributed by atoms with Gasteiger partial charge in [-0.2, -0.15) is 5.10 Å². The van der Waals surface area contributed by atoms with Gasteiger partial charge in [0.05, 0.1) is 29.1 Å². The van der Waals surface area contributed by atoms with Crippen molar-refractivity contribution in [3.63, 3.8) is 0 Å². The lowest BCUT2D eigenvalue weighted by Gasteiger charge is -2.23. The monoisotopic (exact) mass is 472 g/mol. The number of carbonyl (C=O) groups excluding carboxylic acids is 1. The van der Waals surface area contributed by atoms with Crippen molar-refractivity contribution in [1.29, 1.82) is 0 Å². The molecule has 0 saturated carbocycles. The number of hydrazone groups is 1. The quantitative estimate of drug-likeness (QED) is 0.379. The summed E-state index contributed by atoms with van der Waals surface area (Å²) in [7, 11) is -4.06. The standard InChI is InChI=1S/C22H21ClN4O4S/c1-2-31-20-10-12-21(13-11-20)32(29,30)27(19-8-6-17(23)7-9-19)16-22(28)26-25-15-18-5-3-4-14-24-18/h3-15H,2,16H2,1H3,(H,26,28). The van der Waals surface area contributed by atoms with Crippen LogP contribution < -0.4 is 14.5 Å². The molecule has 0 fully saturated rings. The van der Waals surface area contributed by atoms with Gasteiger partial charge in [0, 0.05) is 11.2 Å². The number of aromatic nitrogens is 1. The van der Waals surface area contributed by atoms with E-state index in [1.807, 2.05) is 6.92 Å². The molecule has 8 nitrogen and oxygen atoms in total. The number of rotatable bonds is 9. The third kappa shape index (κ3) is 6.05. The summed E-state index contributed by atoms with van der Waals surface area (Å²) >= 11 is 5.94. The van der Waals surface area contributed by atoms with Gasteiger partial charge in [0.25, 0.3) is 15.9 Å². The number of hydrogen-bond donors (Lipinski definition) is 1. The van der Waals surface area contributed by atoms with Gasteiger partial charge in [-0.3, -0.25) is 14.1 Å². The van der Waals surface area contributed by atoms with E-state index >= 15 is 0 Å². The van der Waals surface area contributed by atoms with E-state index in [-0.39, 0.29) is 10.6 Å². The normalized spacial score (nSPS) is 11.3. The average molecular weight is 473 g/mol. The van der Waals surface area contributed by atoms with E-state index in [0.29, 0.717) is 23.1 Å². The minimum absolute atomic E-state index is 0.0145. The number of ether oxygens (including phenoxy) is 1. The van der Waals surface area contributed by atoms with Crippen LogP contribution in [0.25, 0.3) is 0 Å². The Kier molecular flexibility index (Phi) is 7.80. The first-order valence-corrected chi connectivity index (χ1v) is 11.5. The van der Waals surface area contributed by atoms with Crippen molar-refractivity contribution in [2.75, 3.05) is 17.5 Å². The predicted octanol–water partition coefficient (Wildman–Crippen LogP) is 3.48. The third-order valence-corrected chi connectivity index (χ3v) is 6.24. The number of amides is 1. The maximum Gasteiger partial charge on any atom is 0.264 e. The maximum absolute atomic E-state index is 13.3. The molecular formula is C22H21ClN4O4S. The first kappa shape index (κ1) is 23.2. The van der Waals surface area contributed by atoms with Gasteiger partial charge >= 0.3 is 0 Å². The van der Waals surface area contributed by atoms with Crippen molar-refractivity contribution < 1.29 is 17.9 Å². The molecule has 0 radical (unpaired) electrons. The van der Waals surface area contributed by atoms with E-state index in [0.717, 1.165) is 4.31 Å². The molecule has 1 heterocycles. The second-order valence-electron chi connectivity index (χ2n) is 6.44. The molecule has 10 heteroatoms. The molecule has 0 saturated heterocycles. The van der Waals surface area contributed by atoms with E-state index in [4.69, 9.17) is 16.3 Å². The van der Waals surface area contributed by atoms with Gasteiger partial charge in [0.1, 0.15) is 12.3 Å². The lowest BCUT2D eigenvalue weighted by Crippen LogP contribution is -2.39. The van der Waals surface area contributed by atoms with Crippen molar-refractivity contribution >= 4 is 39.4 Å². The van der Waals surface area contributed by atoms with E-state index in [9.17, 15) is 13.2 Å². The van der Waals surface area contributed by atoms with Gasteiger partial charge in [0.15, 0.2) is 0 Å². The highest BCUT2D eigenvalue weighted by atomic mass is 35.5. The lowest BCUT2D eigenvalue weighted by atomic mass is 10.3. The Morgan fingerprint density at radius 1 is 1.12 bits per heavy atom. The first-order valence-electron chi connectivity index (χ1n) is 9.64. The zero-order valence-corrected chi connectivity index (χ0v) is 18.8. The molecule has 1 amide bonds. The van der Waals surface area contributed by atoms with Crippen LogP contribution in [0.3, 0.4) is 0 Å². The number of hydrogen-bond acceptors (Lipinski definition) is 6. The Hall–Kier alpha value is -3.43. The molecule has 0 atom stereocenters. The van der Waals surface area contributed by atoms with Crippen molar-refractivity contribution in [3.05, 3.63) is 83.6 Å². The highest BCUT2D eigenvalue weighted by molar-refractivity contribution is 7.92. The molecular weight excluding hydrogens is 452 g/mol. The van der Waals surface area contributed by atoms with Gasteiger partial charge in [-0.25, -0.2) is 13.8 Å². The largest absolute Gasteiger partial charge is 0.494 e.